The van der Waals surface area contributed by atoms with Crippen molar-refractivity contribution in [2.24, 2.45) is 11.7 Å². The minimum Gasteiger partial charge on any atom is -0.378 e. The highest BCUT2D eigenvalue weighted by Crippen LogP contribution is 2.34. The van der Waals surface area contributed by atoms with E-state index in [1.54, 1.807) is 0 Å². The average molecular weight is 268 g/mol. The SMILES string of the molecule is CCCNC1(C(N)=O)CCCC(OCCC2CC2)C1. The van der Waals surface area contributed by atoms with Gasteiger partial charge in [0.15, 0.2) is 0 Å². The minimum atomic E-state index is -0.529. The maximum atomic E-state index is 11.8. The first-order chi connectivity index (χ1) is 9.16. The molecule has 4 heteroatoms. The van der Waals surface area contributed by atoms with E-state index in [-0.39, 0.29) is 12.0 Å². The van der Waals surface area contributed by atoms with Crippen LogP contribution in [0.5, 0.6) is 0 Å². The molecule has 0 saturated heterocycles. The quantitative estimate of drug-likeness (QED) is 0.707. The van der Waals surface area contributed by atoms with Gasteiger partial charge in [0.25, 0.3) is 0 Å². The van der Waals surface area contributed by atoms with Crippen molar-refractivity contribution in [2.75, 3.05) is 13.2 Å². The van der Waals surface area contributed by atoms with Crippen LogP contribution in [0.15, 0.2) is 0 Å². The van der Waals surface area contributed by atoms with Gasteiger partial charge in [-0.3, -0.25) is 4.79 Å². The molecule has 3 N–H and O–H groups in total. The number of carbonyl (C=O) groups is 1. The van der Waals surface area contributed by atoms with E-state index >= 15 is 0 Å². The standard InChI is InChI=1S/C15H28N2O2/c1-2-9-17-15(14(16)18)8-3-4-13(11-15)19-10-7-12-5-6-12/h12-13,17H,2-11H2,1H3,(H2,16,18). The number of carbonyl (C=O) groups excluding carboxylic acids is 1. The molecule has 0 radical (unpaired) electrons. The van der Waals surface area contributed by atoms with Crippen molar-refractivity contribution < 1.29 is 9.53 Å². The summed E-state index contributed by atoms with van der Waals surface area (Å²) in [6, 6.07) is 0. The summed E-state index contributed by atoms with van der Waals surface area (Å²) in [6.07, 6.45) is 8.82. The van der Waals surface area contributed by atoms with Crippen LogP contribution in [-0.2, 0) is 9.53 Å². The monoisotopic (exact) mass is 268 g/mol. The minimum absolute atomic E-state index is 0.198. The second-order valence-electron chi connectivity index (χ2n) is 6.19. The van der Waals surface area contributed by atoms with E-state index in [1.165, 1.54) is 19.3 Å². The number of hydrogen-bond acceptors (Lipinski definition) is 3. The number of nitrogens with two attached hydrogens (primary N) is 1. The predicted molar refractivity (Wildman–Crippen MR) is 75.8 cm³/mol. The molecule has 2 aliphatic carbocycles. The number of nitrogens with one attached hydrogen (secondary N) is 1. The first-order valence-corrected chi connectivity index (χ1v) is 7.83. The van der Waals surface area contributed by atoms with Crippen LogP contribution in [0.25, 0.3) is 0 Å². The third kappa shape index (κ3) is 4.18. The fourth-order valence-electron chi connectivity index (χ4n) is 3.01. The smallest absolute Gasteiger partial charge is 0.237 e. The van der Waals surface area contributed by atoms with Crippen LogP contribution in [0.4, 0.5) is 0 Å². The lowest BCUT2D eigenvalue weighted by Gasteiger charge is -2.39. The van der Waals surface area contributed by atoms with Crippen molar-refractivity contribution in [1.29, 1.82) is 0 Å². The molecule has 110 valence electrons. The third-order valence-corrected chi connectivity index (χ3v) is 4.47. The van der Waals surface area contributed by atoms with Crippen LogP contribution < -0.4 is 11.1 Å². The maximum Gasteiger partial charge on any atom is 0.237 e. The summed E-state index contributed by atoms with van der Waals surface area (Å²) in [4.78, 5) is 11.8. The largest absolute Gasteiger partial charge is 0.378 e. The Balaban J connectivity index is 1.82. The Morgan fingerprint density at radius 2 is 2.21 bits per heavy atom. The summed E-state index contributed by atoms with van der Waals surface area (Å²) in [5, 5.41) is 3.37. The average Bonchev–Trinajstić information content (AvgIpc) is 3.21. The van der Waals surface area contributed by atoms with Gasteiger partial charge in [0.05, 0.1) is 6.10 Å². The molecule has 0 spiro atoms. The fourth-order valence-corrected chi connectivity index (χ4v) is 3.01. The van der Waals surface area contributed by atoms with Crippen LogP contribution in [-0.4, -0.2) is 30.7 Å². The Bertz CT molecular complexity index is 305. The van der Waals surface area contributed by atoms with Crippen molar-refractivity contribution in [3.8, 4) is 0 Å². The van der Waals surface area contributed by atoms with Gasteiger partial charge in [0, 0.05) is 13.0 Å². The van der Waals surface area contributed by atoms with Crippen LogP contribution in [0.2, 0.25) is 0 Å². The van der Waals surface area contributed by atoms with E-state index in [0.29, 0.717) is 0 Å². The van der Waals surface area contributed by atoms with Gasteiger partial charge in [-0.15, -0.1) is 0 Å². The molecule has 2 unspecified atom stereocenters. The van der Waals surface area contributed by atoms with Crippen molar-refractivity contribution in [3.63, 3.8) is 0 Å². The summed E-state index contributed by atoms with van der Waals surface area (Å²) in [5.41, 5.74) is 5.11. The zero-order chi connectivity index (χ0) is 13.7. The zero-order valence-corrected chi connectivity index (χ0v) is 12.1. The summed E-state index contributed by atoms with van der Waals surface area (Å²) < 4.78 is 5.97. The first kappa shape index (κ1) is 14.8. The summed E-state index contributed by atoms with van der Waals surface area (Å²) in [5.74, 6) is 0.694. The summed E-state index contributed by atoms with van der Waals surface area (Å²) >= 11 is 0. The highest BCUT2D eigenvalue weighted by atomic mass is 16.5. The normalized spacial score (nSPS) is 31.3. The topological polar surface area (TPSA) is 64.3 Å². The molecule has 0 bridgehead atoms. The molecule has 2 atom stereocenters. The molecule has 0 aromatic heterocycles. The Hall–Kier alpha value is -0.610. The summed E-state index contributed by atoms with van der Waals surface area (Å²) in [6.45, 7) is 3.80. The van der Waals surface area contributed by atoms with Crippen LogP contribution in [0.3, 0.4) is 0 Å². The number of amides is 1. The van der Waals surface area contributed by atoms with Gasteiger partial charge in [0.1, 0.15) is 5.54 Å². The van der Waals surface area contributed by atoms with Gasteiger partial charge in [-0.1, -0.05) is 19.8 Å². The maximum absolute atomic E-state index is 11.8. The Kier molecular flexibility index (Phi) is 5.22. The lowest BCUT2D eigenvalue weighted by atomic mass is 9.79. The Labute approximate surface area is 116 Å². The van der Waals surface area contributed by atoms with Crippen molar-refractivity contribution in [3.05, 3.63) is 0 Å². The zero-order valence-electron chi connectivity index (χ0n) is 12.1. The lowest BCUT2D eigenvalue weighted by molar-refractivity contribution is -0.128. The summed E-state index contributed by atoms with van der Waals surface area (Å²) in [7, 11) is 0. The fraction of sp³-hybridized carbons (Fsp3) is 0.933. The Morgan fingerprint density at radius 1 is 1.42 bits per heavy atom. The lowest BCUT2D eigenvalue weighted by Crippen LogP contribution is -2.59. The van der Waals surface area contributed by atoms with Gasteiger partial charge < -0.3 is 15.8 Å². The van der Waals surface area contributed by atoms with E-state index in [4.69, 9.17) is 10.5 Å². The van der Waals surface area contributed by atoms with Gasteiger partial charge >= 0.3 is 0 Å². The van der Waals surface area contributed by atoms with Crippen LogP contribution >= 0.6 is 0 Å². The van der Waals surface area contributed by atoms with Gasteiger partial charge in [-0.2, -0.15) is 0 Å². The third-order valence-electron chi connectivity index (χ3n) is 4.47. The number of primary amides is 1. The molecule has 0 heterocycles. The Morgan fingerprint density at radius 3 is 2.84 bits per heavy atom. The molecular weight excluding hydrogens is 240 g/mol. The predicted octanol–water partition coefficient (Wildman–Crippen LogP) is 1.97. The van der Waals surface area contributed by atoms with Crippen LogP contribution in [0.1, 0.15) is 58.3 Å². The molecule has 2 rings (SSSR count). The second-order valence-corrected chi connectivity index (χ2v) is 6.19. The van der Waals surface area contributed by atoms with E-state index in [0.717, 1.165) is 51.2 Å². The molecule has 2 aliphatic rings. The number of ether oxygens (including phenoxy) is 1. The molecule has 1 amide bonds. The molecule has 0 aromatic carbocycles. The number of rotatable bonds is 8. The van der Waals surface area contributed by atoms with E-state index in [9.17, 15) is 4.79 Å². The van der Waals surface area contributed by atoms with E-state index in [2.05, 4.69) is 12.2 Å². The van der Waals surface area contributed by atoms with Gasteiger partial charge in [-0.05, 0) is 44.6 Å². The number of hydrogen-bond donors (Lipinski definition) is 2. The van der Waals surface area contributed by atoms with Crippen LogP contribution in [0, 0.1) is 5.92 Å². The molecule has 19 heavy (non-hydrogen) atoms. The highest BCUT2D eigenvalue weighted by molar-refractivity contribution is 5.84. The highest BCUT2D eigenvalue weighted by Gasteiger charge is 2.41. The van der Waals surface area contributed by atoms with Gasteiger partial charge in [0.2, 0.25) is 5.91 Å². The van der Waals surface area contributed by atoms with Crippen molar-refractivity contribution >= 4 is 5.91 Å². The van der Waals surface area contributed by atoms with E-state index in [1.807, 2.05) is 0 Å². The van der Waals surface area contributed by atoms with Crippen molar-refractivity contribution in [2.45, 2.75) is 69.9 Å². The molecule has 2 saturated carbocycles. The molecule has 4 nitrogen and oxygen atoms in total. The first-order valence-electron chi connectivity index (χ1n) is 7.83. The molecule has 0 aromatic rings. The molecule has 0 aliphatic heterocycles. The molecular formula is C15H28N2O2. The van der Waals surface area contributed by atoms with Gasteiger partial charge in [-0.25, -0.2) is 0 Å². The van der Waals surface area contributed by atoms with Crippen molar-refractivity contribution in [1.82, 2.24) is 5.32 Å². The second kappa shape index (κ2) is 6.71. The van der Waals surface area contributed by atoms with E-state index < -0.39 is 5.54 Å². The molecule has 2 fully saturated rings.